The molecule has 1 N–H and O–H groups in total. The first kappa shape index (κ1) is 8.74. The number of hydrogen-bond acceptors (Lipinski definition) is 3. The summed E-state index contributed by atoms with van der Waals surface area (Å²) in [5.41, 5.74) is 2.13. The van der Waals surface area contributed by atoms with Gasteiger partial charge >= 0.3 is 6.09 Å². The van der Waals surface area contributed by atoms with Crippen molar-refractivity contribution in [1.82, 2.24) is 0 Å². The maximum Gasteiger partial charge on any atom is 0.411 e. The zero-order valence-electron chi connectivity index (χ0n) is 7.66. The second-order valence-electron chi connectivity index (χ2n) is 3.13. The molecule has 0 atom stereocenters. The number of carbonyl (C=O) groups is 2. The SMILES string of the molecule is CC(=O)c1ccc2c(c1)NC(=O)OC2. The number of cyclic esters (lactones) is 1. The number of carbonyl (C=O) groups excluding carboxylic acids is 2. The molecule has 1 aromatic rings. The molecule has 1 heterocycles. The lowest BCUT2D eigenvalue weighted by Gasteiger charge is -2.17. The topological polar surface area (TPSA) is 55.4 Å². The molecule has 0 saturated heterocycles. The molecule has 1 aliphatic heterocycles. The highest BCUT2D eigenvalue weighted by Crippen LogP contribution is 2.22. The highest BCUT2D eigenvalue weighted by molar-refractivity contribution is 5.97. The average molecular weight is 191 g/mol. The zero-order valence-corrected chi connectivity index (χ0v) is 7.66. The molecule has 0 aromatic heterocycles. The van der Waals surface area contributed by atoms with Crippen molar-refractivity contribution in [1.29, 1.82) is 0 Å². The Morgan fingerprint density at radius 2 is 2.29 bits per heavy atom. The number of nitrogens with one attached hydrogen (secondary N) is 1. The lowest BCUT2D eigenvalue weighted by Crippen LogP contribution is -2.20. The number of benzene rings is 1. The third kappa shape index (κ3) is 1.46. The molecule has 0 aliphatic carbocycles. The third-order valence-corrected chi connectivity index (χ3v) is 2.11. The standard InChI is InChI=1S/C10H9NO3/c1-6(12)7-2-3-8-5-14-10(13)11-9(8)4-7/h2-4H,5H2,1H3,(H,11,13). The Balaban J connectivity index is 2.42. The van der Waals surface area contributed by atoms with Gasteiger partial charge in [0.05, 0.1) is 5.69 Å². The molecular formula is C10H9NO3. The number of ketones is 1. The minimum Gasteiger partial charge on any atom is -0.444 e. The number of ether oxygens (including phenoxy) is 1. The molecule has 4 heteroatoms. The van der Waals surface area contributed by atoms with Gasteiger partial charge in [-0.15, -0.1) is 0 Å². The lowest BCUT2D eigenvalue weighted by atomic mass is 10.1. The average Bonchev–Trinajstić information content (AvgIpc) is 2.16. The molecule has 14 heavy (non-hydrogen) atoms. The summed E-state index contributed by atoms with van der Waals surface area (Å²) in [6.07, 6.45) is -0.474. The van der Waals surface area contributed by atoms with Crippen LogP contribution in [0.15, 0.2) is 18.2 Å². The van der Waals surface area contributed by atoms with Gasteiger partial charge in [-0.1, -0.05) is 12.1 Å². The maximum absolute atomic E-state index is 11.1. The molecule has 72 valence electrons. The largest absolute Gasteiger partial charge is 0.444 e. The Morgan fingerprint density at radius 1 is 1.50 bits per heavy atom. The van der Waals surface area contributed by atoms with Crippen molar-refractivity contribution in [3.05, 3.63) is 29.3 Å². The van der Waals surface area contributed by atoms with Gasteiger partial charge in [0.1, 0.15) is 6.61 Å². The van der Waals surface area contributed by atoms with E-state index in [1.54, 1.807) is 18.2 Å². The number of Topliss-reactive ketones (excluding diaryl/α,β-unsaturated/α-hetero) is 1. The molecule has 0 unspecified atom stereocenters. The van der Waals surface area contributed by atoms with Crippen LogP contribution in [0.1, 0.15) is 22.8 Å². The van der Waals surface area contributed by atoms with Crippen LogP contribution in [0.3, 0.4) is 0 Å². The summed E-state index contributed by atoms with van der Waals surface area (Å²) in [6, 6.07) is 5.17. The summed E-state index contributed by atoms with van der Waals surface area (Å²) >= 11 is 0. The molecule has 0 radical (unpaired) electrons. The van der Waals surface area contributed by atoms with Crippen molar-refractivity contribution in [3.63, 3.8) is 0 Å². The van der Waals surface area contributed by atoms with Crippen LogP contribution >= 0.6 is 0 Å². The smallest absolute Gasteiger partial charge is 0.411 e. The van der Waals surface area contributed by atoms with E-state index in [-0.39, 0.29) is 12.4 Å². The number of fused-ring (bicyclic) bond motifs is 1. The van der Waals surface area contributed by atoms with E-state index in [1.165, 1.54) is 6.92 Å². The molecule has 4 nitrogen and oxygen atoms in total. The van der Waals surface area contributed by atoms with Gasteiger partial charge in [-0.2, -0.15) is 0 Å². The van der Waals surface area contributed by atoms with Gasteiger partial charge in [0.15, 0.2) is 5.78 Å². The molecular weight excluding hydrogens is 182 g/mol. The van der Waals surface area contributed by atoms with Crippen LogP contribution in [0.25, 0.3) is 0 Å². The monoisotopic (exact) mass is 191 g/mol. The third-order valence-electron chi connectivity index (χ3n) is 2.11. The van der Waals surface area contributed by atoms with Crippen molar-refractivity contribution in [2.75, 3.05) is 5.32 Å². The molecule has 0 spiro atoms. The fraction of sp³-hybridized carbons (Fsp3) is 0.200. The summed E-state index contributed by atoms with van der Waals surface area (Å²) in [7, 11) is 0. The van der Waals surface area contributed by atoms with Crippen LogP contribution in [0, 0.1) is 0 Å². The minimum atomic E-state index is -0.474. The number of hydrogen-bond donors (Lipinski definition) is 1. The van der Waals surface area contributed by atoms with Crippen LogP contribution < -0.4 is 5.32 Å². The number of amides is 1. The second-order valence-corrected chi connectivity index (χ2v) is 3.13. The van der Waals surface area contributed by atoms with Crippen LogP contribution in [-0.4, -0.2) is 11.9 Å². The van der Waals surface area contributed by atoms with Gasteiger partial charge in [-0.3, -0.25) is 10.1 Å². The van der Waals surface area contributed by atoms with Crippen molar-refractivity contribution >= 4 is 17.6 Å². The van der Waals surface area contributed by atoms with Crippen LogP contribution in [0.4, 0.5) is 10.5 Å². The summed E-state index contributed by atoms with van der Waals surface area (Å²) in [4.78, 5) is 22.0. The van der Waals surface area contributed by atoms with E-state index in [1.807, 2.05) is 0 Å². The van der Waals surface area contributed by atoms with Crippen LogP contribution in [0.2, 0.25) is 0 Å². The molecule has 0 bridgehead atoms. The van der Waals surface area contributed by atoms with E-state index in [4.69, 9.17) is 4.74 Å². The molecule has 0 saturated carbocycles. The van der Waals surface area contributed by atoms with E-state index in [0.29, 0.717) is 11.3 Å². The quantitative estimate of drug-likeness (QED) is 0.690. The normalized spacial score (nSPS) is 13.9. The Kier molecular flexibility index (Phi) is 1.96. The maximum atomic E-state index is 11.1. The predicted octanol–water partition coefficient (Wildman–Crippen LogP) is 1.95. The van der Waals surface area contributed by atoms with E-state index < -0.39 is 6.09 Å². The van der Waals surface area contributed by atoms with Crippen molar-refractivity contribution in [2.45, 2.75) is 13.5 Å². The Hall–Kier alpha value is -1.84. The van der Waals surface area contributed by atoms with Gasteiger partial charge in [-0.25, -0.2) is 4.79 Å². The molecule has 1 aromatic carbocycles. The Bertz CT molecular complexity index is 412. The van der Waals surface area contributed by atoms with Crippen LogP contribution in [0.5, 0.6) is 0 Å². The Labute approximate surface area is 80.9 Å². The van der Waals surface area contributed by atoms with Gasteiger partial charge < -0.3 is 4.74 Å². The highest BCUT2D eigenvalue weighted by atomic mass is 16.5. The first-order chi connectivity index (χ1) is 6.66. The minimum absolute atomic E-state index is 0.0199. The zero-order chi connectivity index (χ0) is 10.1. The second kappa shape index (κ2) is 3.14. The van der Waals surface area contributed by atoms with E-state index in [2.05, 4.69) is 5.32 Å². The van der Waals surface area contributed by atoms with E-state index in [9.17, 15) is 9.59 Å². The molecule has 2 rings (SSSR count). The Morgan fingerprint density at radius 3 is 3.00 bits per heavy atom. The molecule has 0 fully saturated rings. The molecule has 1 aliphatic rings. The van der Waals surface area contributed by atoms with Crippen molar-refractivity contribution in [3.8, 4) is 0 Å². The van der Waals surface area contributed by atoms with E-state index in [0.717, 1.165) is 5.56 Å². The molecule has 1 amide bonds. The first-order valence-electron chi connectivity index (χ1n) is 4.24. The first-order valence-corrected chi connectivity index (χ1v) is 4.24. The predicted molar refractivity (Wildman–Crippen MR) is 50.3 cm³/mol. The van der Waals surface area contributed by atoms with Crippen LogP contribution in [-0.2, 0) is 11.3 Å². The lowest BCUT2D eigenvalue weighted by molar-refractivity contribution is 0.101. The van der Waals surface area contributed by atoms with Gasteiger partial charge in [0.2, 0.25) is 0 Å². The summed E-state index contributed by atoms with van der Waals surface area (Å²) in [6.45, 7) is 1.75. The summed E-state index contributed by atoms with van der Waals surface area (Å²) in [5, 5.41) is 2.54. The fourth-order valence-electron chi connectivity index (χ4n) is 1.33. The van der Waals surface area contributed by atoms with Crippen molar-refractivity contribution in [2.24, 2.45) is 0 Å². The van der Waals surface area contributed by atoms with E-state index >= 15 is 0 Å². The van der Waals surface area contributed by atoms with Gasteiger partial charge in [-0.05, 0) is 13.0 Å². The van der Waals surface area contributed by atoms with Crippen molar-refractivity contribution < 1.29 is 14.3 Å². The highest BCUT2D eigenvalue weighted by Gasteiger charge is 2.16. The fourth-order valence-corrected chi connectivity index (χ4v) is 1.33. The number of anilines is 1. The number of rotatable bonds is 1. The summed E-state index contributed by atoms with van der Waals surface area (Å²) in [5.74, 6) is -0.0199. The van der Waals surface area contributed by atoms with Gasteiger partial charge in [0.25, 0.3) is 0 Å². The summed E-state index contributed by atoms with van der Waals surface area (Å²) < 4.78 is 4.77. The van der Waals surface area contributed by atoms with Gasteiger partial charge in [0, 0.05) is 11.1 Å².